The molecule has 0 radical (unpaired) electrons. The quantitative estimate of drug-likeness (QED) is 0.287. The number of nitrogens with zero attached hydrogens (tertiary/aromatic N) is 2. The van der Waals surface area contributed by atoms with Gasteiger partial charge >= 0.3 is 5.97 Å². The summed E-state index contributed by atoms with van der Waals surface area (Å²) in [6.07, 6.45) is 0. The van der Waals surface area contributed by atoms with Gasteiger partial charge in [-0.2, -0.15) is 0 Å². The van der Waals surface area contributed by atoms with Crippen molar-refractivity contribution >= 4 is 35.9 Å². The SMILES string of the molecule is CN=C(NCCN1CCOCC1)NCC(=O)OC(C)(C)C.I. The Labute approximate surface area is 150 Å². The maximum Gasteiger partial charge on any atom is 0.325 e. The summed E-state index contributed by atoms with van der Waals surface area (Å²) in [5, 5.41) is 6.13. The summed E-state index contributed by atoms with van der Waals surface area (Å²) in [5.41, 5.74) is -0.466. The Hall–Kier alpha value is -0.610. The molecule has 1 fully saturated rings. The lowest BCUT2D eigenvalue weighted by Crippen LogP contribution is -2.45. The molecule has 0 amide bonds. The van der Waals surface area contributed by atoms with E-state index in [2.05, 4.69) is 20.5 Å². The number of hydrogen-bond donors (Lipinski definition) is 2. The van der Waals surface area contributed by atoms with Crippen LogP contribution in [0.15, 0.2) is 4.99 Å². The van der Waals surface area contributed by atoms with E-state index in [1.807, 2.05) is 20.8 Å². The summed E-state index contributed by atoms with van der Waals surface area (Å²) in [6, 6.07) is 0. The van der Waals surface area contributed by atoms with Crippen LogP contribution in [0.5, 0.6) is 0 Å². The predicted octanol–water partition coefficient (Wildman–Crippen LogP) is 0.443. The summed E-state index contributed by atoms with van der Waals surface area (Å²) in [7, 11) is 1.68. The number of aliphatic imine (C=N–C) groups is 1. The molecule has 2 N–H and O–H groups in total. The smallest absolute Gasteiger partial charge is 0.325 e. The van der Waals surface area contributed by atoms with Gasteiger partial charge in [0.25, 0.3) is 0 Å². The second kappa shape index (κ2) is 11.0. The van der Waals surface area contributed by atoms with Crippen LogP contribution >= 0.6 is 24.0 Å². The van der Waals surface area contributed by atoms with Gasteiger partial charge in [-0.3, -0.25) is 14.7 Å². The number of morpholine rings is 1. The fraction of sp³-hybridized carbons (Fsp3) is 0.857. The van der Waals surface area contributed by atoms with Gasteiger partial charge in [0, 0.05) is 33.2 Å². The maximum absolute atomic E-state index is 11.6. The van der Waals surface area contributed by atoms with Gasteiger partial charge in [-0.25, -0.2) is 0 Å². The van der Waals surface area contributed by atoms with E-state index < -0.39 is 5.60 Å². The van der Waals surface area contributed by atoms with Crippen molar-refractivity contribution in [3.63, 3.8) is 0 Å². The van der Waals surface area contributed by atoms with Gasteiger partial charge in [0.2, 0.25) is 0 Å². The van der Waals surface area contributed by atoms with Crippen LogP contribution in [0.25, 0.3) is 0 Å². The van der Waals surface area contributed by atoms with Crippen LogP contribution in [-0.2, 0) is 14.3 Å². The summed E-state index contributed by atoms with van der Waals surface area (Å²) < 4.78 is 10.5. The molecule has 1 heterocycles. The highest BCUT2D eigenvalue weighted by atomic mass is 127. The molecule has 1 aliphatic heterocycles. The topological polar surface area (TPSA) is 75.2 Å². The zero-order chi connectivity index (χ0) is 15.7. The number of esters is 1. The molecule has 22 heavy (non-hydrogen) atoms. The summed E-state index contributed by atoms with van der Waals surface area (Å²) >= 11 is 0. The van der Waals surface area contributed by atoms with E-state index in [1.54, 1.807) is 7.05 Å². The third-order valence-corrected chi connectivity index (χ3v) is 2.87. The van der Waals surface area contributed by atoms with Crippen molar-refractivity contribution in [2.75, 3.05) is 53.0 Å². The molecule has 1 saturated heterocycles. The van der Waals surface area contributed by atoms with E-state index in [4.69, 9.17) is 9.47 Å². The maximum atomic E-state index is 11.6. The third-order valence-electron chi connectivity index (χ3n) is 2.87. The normalized spacial score (nSPS) is 16.6. The Morgan fingerprint density at radius 3 is 2.45 bits per heavy atom. The lowest BCUT2D eigenvalue weighted by atomic mass is 10.2. The highest BCUT2D eigenvalue weighted by Gasteiger charge is 2.16. The number of rotatable bonds is 5. The molecule has 0 atom stereocenters. The van der Waals surface area contributed by atoms with Crippen LogP contribution in [0.3, 0.4) is 0 Å². The van der Waals surface area contributed by atoms with Crippen LogP contribution in [0.4, 0.5) is 0 Å². The molecule has 7 nitrogen and oxygen atoms in total. The van der Waals surface area contributed by atoms with Crippen molar-refractivity contribution < 1.29 is 14.3 Å². The molecule has 130 valence electrons. The Kier molecular flexibility index (Phi) is 10.7. The van der Waals surface area contributed by atoms with Crippen molar-refractivity contribution in [1.82, 2.24) is 15.5 Å². The lowest BCUT2D eigenvalue weighted by Gasteiger charge is -2.26. The van der Waals surface area contributed by atoms with Crippen LogP contribution in [0.1, 0.15) is 20.8 Å². The standard InChI is InChI=1S/C14H28N4O3.HI/c1-14(2,3)21-12(19)11-17-13(15-4)16-5-6-18-7-9-20-10-8-18;/h5-11H2,1-4H3,(H2,15,16,17);1H. The van der Waals surface area contributed by atoms with Gasteiger partial charge in [-0.1, -0.05) is 0 Å². The summed E-state index contributed by atoms with van der Waals surface area (Å²) in [5.74, 6) is 0.313. The van der Waals surface area contributed by atoms with Gasteiger partial charge in [0.05, 0.1) is 13.2 Å². The first-order chi connectivity index (χ1) is 9.90. The fourth-order valence-electron chi connectivity index (χ4n) is 1.91. The van der Waals surface area contributed by atoms with Crippen molar-refractivity contribution in [3.05, 3.63) is 0 Å². The molecule has 0 aromatic rings. The highest BCUT2D eigenvalue weighted by molar-refractivity contribution is 14.0. The van der Waals surface area contributed by atoms with Gasteiger partial charge in [0.1, 0.15) is 12.1 Å². The number of carbonyl (C=O) groups excluding carboxylic acids is 1. The number of ether oxygens (including phenoxy) is 2. The van der Waals surface area contributed by atoms with E-state index in [9.17, 15) is 4.79 Å². The zero-order valence-electron chi connectivity index (χ0n) is 14.0. The Bertz CT molecular complexity index is 352. The Morgan fingerprint density at radius 2 is 1.91 bits per heavy atom. The minimum Gasteiger partial charge on any atom is -0.459 e. The average molecular weight is 428 g/mol. The molecular weight excluding hydrogens is 399 g/mol. The van der Waals surface area contributed by atoms with Gasteiger partial charge in [-0.15, -0.1) is 24.0 Å². The minimum absolute atomic E-state index is 0. The molecule has 0 aliphatic carbocycles. The second-order valence-electron chi connectivity index (χ2n) is 5.89. The predicted molar refractivity (Wildman–Crippen MR) is 97.9 cm³/mol. The zero-order valence-corrected chi connectivity index (χ0v) is 16.3. The number of nitrogens with one attached hydrogen (secondary N) is 2. The first kappa shape index (κ1) is 21.4. The van der Waals surface area contributed by atoms with Crippen molar-refractivity contribution in [2.24, 2.45) is 4.99 Å². The van der Waals surface area contributed by atoms with Crippen LogP contribution in [-0.4, -0.2) is 75.4 Å². The number of halogens is 1. The highest BCUT2D eigenvalue weighted by Crippen LogP contribution is 2.06. The first-order valence-corrected chi connectivity index (χ1v) is 7.37. The molecule has 8 heteroatoms. The Morgan fingerprint density at radius 1 is 1.27 bits per heavy atom. The lowest BCUT2D eigenvalue weighted by molar-refractivity contribution is -0.153. The van der Waals surface area contributed by atoms with Gasteiger partial charge in [-0.05, 0) is 20.8 Å². The van der Waals surface area contributed by atoms with Crippen LogP contribution < -0.4 is 10.6 Å². The largest absolute Gasteiger partial charge is 0.459 e. The van der Waals surface area contributed by atoms with Crippen LogP contribution in [0, 0.1) is 0 Å². The molecule has 0 aromatic heterocycles. The Balaban J connectivity index is 0.00000441. The number of carbonyl (C=O) groups is 1. The number of hydrogen-bond acceptors (Lipinski definition) is 5. The van der Waals surface area contributed by atoms with E-state index in [0.29, 0.717) is 5.96 Å². The van der Waals surface area contributed by atoms with Gasteiger partial charge in [0.15, 0.2) is 5.96 Å². The van der Waals surface area contributed by atoms with Crippen LogP contribution in [0.2, 0.25) is 0 Å². The minimum atomic E-state index is -0.466. The van der Waals surface area contributed by atoms with E-state index in [1.165, 1.54) is 0 Å². The van der Waals surface area contributed by atoms with Crippen molar-refractivity contribution in [1.29, 1.82) is 0 Å². The van der Waals surface area contributed by atoms with Crippen molar-refractivity contribution in [3.8, 4) is 0 Å². The molecule has 1 aliphatic rings. The fourth-order valence-corrected chi connectivity index (χ4v) is 1.91. The molecule has 0 spiro atoms. The second-order valence-corrected chi connectivity index (χ2v) is 5.89. The molecule has 0 aromatic carbocycles. The van der Waals surface area contributed by atoms with E-state index in [-0.39, 0.29) is 36.5 Å². The third kappa shape index (κ3) is 10.2. The number of guanidine groups is 1. The van der Waals surface area contributed by atoms with Gasteiger partial charge < -0.3 is 20.1 Å². The molecule has 0 unspecified atom stereocenters. The average Bonchev–Trinajstić information content (AvgIpc) is 2.42. The molecular formula is C14H29IN4O3. The van der Waals surface area contributed by atoms with Crippen molar-refractivity contribution in [2.45, 2.75) is 26.4 Å². The molecule has 1 rings (SSSR count). The first-order valence-electron chi connectivity index (χ1n) is 7.37. The van der Waals surface area contributed by atoms with E-state index in [0.717, 1.165) is 39.4 Å². The van der Waals surface area contributed by atoms with E-state index >= 15 is 0 Å². The summed E-state index contributed by atoms with van der Waals surface area (Å²) in [4.78, 5) is 18.0. The monoisotopic (exact) mass is 428 g/mol. The molecule has 0 saturated carbocycles. The summed E-state index contributed by atoms with van der Waals surface area (Å²) in [6.45, 7) is 10.9. The molecule has 0 bridgehead atoms.